The summed E-state index contributed by atoms with van der Waals surface area (Å²) in [6.07, 6.45) is -1.20. The van der Waals surface area contributed by atoms with Crippen molar-refractivity contribution in [2.45, 2.75) is 48.3 Å². The fourth-order valence-electron chi connectivity index (χ4n) is 3.42. The van der Waals surface area contributed by atoms with Gasteiger partial charge in [0.1, 0.15) is 17.5 Å². The lowest BCUT2D eigenvalue weighted by molar-refractivity contribution is -0.0764. The molecule has 0 unspecified atom stereocenters. The van der Waals surface area contributed by atoms with Gasteiger partial charge in [-0.25, -0.2) is 16.8 Å². The zero-order valence-corrected chi connectivity index (χ0v) is 18.4. The highest BCUT2D eigenvalue weighted by Gasteiger charge is 2.47. The maximum absolute atomic E-state index is 13.0. The molecule has 1 heterocycles. The van der Waals surface area contributed by atoms with E-state index in [0.29, 0.717) is 11.3 Å². The van der Waals surface area contributed by atoms with Crippen LogP contribution in [0.15, 0.2) is 58.3 Å². The molecule has 158 valence electrons. The van der Waals surface area contributed by atoms with Gasteiger partial charge >= 0.3 is 0 Å². The van der Waals surface area contributed by atoms with Crippen LogP contribution in [0.2, 0.25) is 0 Å². The molecule has 1 aliphatic heterocycles. The first-order chi connectivity index (χ1) is 13.4. The van der Waals surface area contributed by atoms with Crippen molar-refractivity contribution in [1.82, 2.24) is 4.31 Å². The molecule has 0 bridgehead atoms. The van der Waals surface area contributed by atoms with Crippen LogP contribution in [0.4, 0.5) is 0 Å². The SMILES string of the molecule is CCS(=O)(=O)N(C)[C@@H]1c2cc(S(=O)(=O)c3ccccc3)ccc2OC(C)(C)[C@H]1O. The van der Waals surface area contributed by atoms with Gasteiger partial charge in [-0.2, -0.15) is 4.31 Å². The lowest BCUT2D eigenvalue weighted by Gasteiger charge is -2.44. The molecule has 1 N–H and O–H groups in total. The molecular weight excluding hydrogens is 414 g/mol. The van der Waals surface area contributed by atoms with Crippen molar-refractivity contribution in [2.75, 3.05) is 12.8 Å². The molecule has 0 amide bonds. The van der Waals surface area contributed by atoms with E-state index in [-0.39, 0.29) is 15.5 Å². The van der Waals surface area contributed by atoms with Crippen LogP contribution in [-0.4, -0.2) is 50.8 Å². The Morgan fingerprint density at radius 1 is 1.03 bits per heavy atom. The van der Waals surface area contributed by atoms with Crippen LogP contribution in [0.3, 0.4) is 0 Å². The third-order valence-corrected chi connectivity index (χ3v) is 8.84. The minimum Gasteiger partial charge on any atom is -0.485 e. The van der Waals surface area contributed by atoms with Gasteiger partial charge in [0.2, 0.25) is 19.9 Å². The molecule has 0 saturated heterocycles. The first-order valence-corrected chi connectivity index (χ1v) is 12.3. The quantitative estimate of drug-likeness (QED) is 0.768. The van der Waals surface area contributed by atoms with Gasteiger partial charge in [-0.3, -0.25) is 0 Å². The molecule has 2 atom stereocenters. The van der Waals surface area contributed by atoms with Gasteiger partial charge in [-0.1, -0.05) is 18.2 Å². The van der Waals surface area contributed by atoms with E-state index in [0.717, 1.165) is 4.31 Å². The molecule has 29 heavy (non-hydrogen) atoms. The third-order valence-electron chi connectivity index (χ3n) is 5.24. The highest BCUT2D eigenvalue weighted by Crippen LogP contribution is 2.44. The molecule has 9 heteroatoms. The summed E-state index contributed by atoms with van der Waals surface area (Å²) in [4.78, 5) is 0.133. The standard InChI is InChI=1S/C20H25NO6S2/c1-5-28(23,24)21(4)18-16-13-15(29(25,26)14-9-7-6-8-10-14)11-12-17(16)27-20(2,3)19(18)22/h6-13,18-19,22H,5H2,1-4H3/t18-,19+/m1/s1. The number of hydrogen-bond donors (Lipinski definition) is 1. The second-order valence-electron chi connectivity index (χ2n) is 7.53. The Morgan fingerprint density at radius 3 is 2.24 bits per heavy atom. The van der Waals surface area contributed by atoms with Gasteiger partial charge in [-0.05, 0) is 51.1 Å². The molecular formula is C20H25NO6S2. The number of ether oxygens (including phenoxy) is 1. The zero-order chi connectivity index (χ0) is 21.6. The average molecular weight is 440 g/mol. The fraction of sp³-hybridized carbons (Fsp3) is 0.400. The summed E-state index contributed by atoms with van der Waals surface area (Å²) in [6, 6.07) is 11.3. The number of sulfonamides is 1. The highest BCUT2D eigenvalue weighted by atomic mass is 32.2. The van der Waals surface area contributed by atoms with Crippen molar-refractivity contribution in [2.24, 2.45) is 0 Å². The molecule has 0 spiro atoms. The molecule has 0 radical (unpaired) electrons. The number of likely N-dealkylation sites (N-methyl/N-ethyl adjacent to an activating group) is 1. The van der Waals surface area contributed by atoms with Crippen molar-refractivity contribution in [3.63, 3.8) is 0 Å². The van der Waals surface area contributed by atoms with Crippen LogP contribution in [-0.2, 0) is 19.9 Å². The van der Waals surface area contributed by atoms with Gasteiger partial charge in [0.25, 0.3) is 0 Å². The zero-order valence-electron chi connectivity index (χ0n) is 16.7. The van der Waals surface area contributed by atoms with Gasteiger partial charge in [0, 0.05) is 12.6 Å². The van der Waals surface area contributed by atoms with E-state index in [4.69, 9.17) is 4.74 Å². The van der Waals surface area contributed by atoms with E-state index >= 15 is 0 Å². The van der Waals surface area contributed by atoms with E-state index < -0.39 is 37.6 Å². The fourth-order valence-corrected chi connectivity index (χ4v) is 5.72. The van der Waals surface area contributed by atoms with Gasteiger partial charge in [0.05, 0.1) is 21.6 Å². The molecule has 0 saturated carbocycles. The largest absolute Gasteiger partial charge is 0.485 e. The van der Waals surface area contributed by atoms with Crippen LogP contribution in [0.1, 0.15) is 32.4 Å². The number of aliphatic hydroxyl groups excluding tert-OH is 1. The highest BCUT2D eigenvalue weighted by molar-refractivity contribution is 7.91. The summed E-state index contributed by atoms with van der Waals surface area (Å²) in [5.41, 5.74) is -0.747. The van der Waals surface area contributed by atoms with Gasteiger partial charge in [-0.15, -0.1) is 0 Å². The molecule has 3 rings (SSSR count). The second kappa shape index (κ2) is 7.39. The van der Waals surface area contributed by atoms with Crippen LogP contribution in [0.25, 0.3) is 0 Å². The van der Waals surface area contributed by atoms with Crippen LogP contribution < -0.4 is 4.74 Å². The number of rotatable bonds is 5. The van der Waals surface area contributed by atoms with E-state index in [1.165, 1.54) is 44.3 Å². The van der Waals surface area contributed by atoms with Crippen LogP contribution >= 0.6 is 0 Å². The van der Waals surface area contributed by atoms with Crippen molar-refractivity contribution < 1.29 is 26.7 Å². The predicted octanol–water partition coefficient (Wildman–Crippen LogP) is 2.37. The monoisotopic (exact) mass is 439 g/mol. The summed E-state index contributed by atoms with van der Waals surface area (Å²) < 4.78 is 58.1. The number of nitrogens with zero attached hydrogens (tertiary/aromatic N) is 1. The number of hydrogen-bond acceptors (Lipinski definition) is 6. The van der Waals surface area contributed by atoms with Crippen molar-refractivity contribution in [3.8, 4) is 5.75 Å². The normalized spacial score (nSPS) is 21.4. The van der Waals surface area contributed by atoms with Crippen molar-refractivity contribution in [1.29, 1.82) is 0 Å². The Balaban J connectivity index is 2.19. The lowest BCUT2D eigenvalue weighted by atomic mass is 9.86. The third kappa shape index (κ3) is 3.79. The smallest absolute Gasteiger partial charge is 0.214 e. The maximum Gasteiger partial charge on any atom is 0.214 e. The lowest BCUT2D eigenvalue weighted by Crippen LogP contribution is -2.54. The van der Waals surface area contributed by atoms with E-state index in [1.54, 1.807) is 32.0 Å². The Morgan fingerprint density at radius 2 is 1.66 bits per heavy atom. The number of aliphatic hydroxyl groups is 1. The Bertz CT molecular complexity index is 1110. The number of benzene rings is 2. The van der Waals surface area contributed by atoms with Crippen LogP contribution in [0, 0.1) is 0 Å². The Hall–Kier alpha value is -1.94. The van der Waals surface area contributed by atoms with Crippen molar-refractivity contribution >= 4 is 19.9 Å². The van der Waals surface area contributed by atoms with E-state index in [2.05, 4.69) is 0 Å². The number of fused-ring (bicyclic) bond motifs is 1. The van der Waals surface area contributed by atoms with E-state index in [1.807, 2.05) is 0 Å². The maximum atomic E-state index is 13.0. The summed E-state index contributed by atoms with van der Waals surface area (Å²) in [5.74, 6) is 0.196. The topological polar surface area (TPSA) is 101 Å². The molecule has 2 aromatic rings. The van der Waals surface area contributed by atoms with E-state index in [9.17, 15) is 21.9 Å². The molecule has 0 fully saturated rings. The minimum absolute atomic E-state index is 0.00486. The van der Waals surface area contributed by atoms with Gasteiger partial charge in [0.15, 0.2) is 0 Å². The minimum atomic E-state index is -3.81. The Kier molecular flexibility index (Phi) is 5.55. The number of sulfone groups is 1. The first kappa shape index (κ1) is 21.8. The first-order valence-electron chi connectivity index (χ1n) is 9.18. The summed E-state index contributed by atoms with van der Waals surface area (Å²) >= 11 is 0. The molecule has 0 aromatic heterocycles. The Labute approximate surface area is 171 Å². The van der Waals surface area contributed by atoms with Crippen LogP contribution in [0.5, 0.6) is 5.75 Å². The van der Waals surface area contributed by atoms with Gasteiger partial charge < -0.3 is 9.84 Å². The van der Waals surface area contributed by atoms with Crippen molar-refractivity contribution in [3.05, 3.63) is 54.1 Å². The average Bonchev–Trinajstić information content (AvgIpc) is 2.68. The molecule has 7 nitrogen and oxygen atoms in total. The predicted molar refractivity (Wildman–Crippen MR) is 109 cm³/mol. The molecule has 0 aliphatic carbocycles. The summed E-state index contributed by atoms with van der Waals surface area (Å²) in [7, 11) is -6.08. The second-order valence-corrected chi connectivity index (χ2v) is 11.8. The summed E-state index contributed by atoms with van der Waals surface area (Å²) in [5, 5.41) is 10.9. The summed E-state index contributed by atoms with van der Waals surface area (Å²) in [6.45, 7) is 4.84. The molecule has 1 aliphatic rings. The molecule has 2 aromatic carbocycles.